The van der Waals surface area contributed by atoms with E-state index in [9.17, 15) is 4.79 Å². The van der Waals surface area contributed by atoms with Crippen LogP contribution in [0, 0.1) is 0 Å². The third-order valence-electron chi connectivity index (χ3n) is 5.57. The van der Waals surface area contributed by atoms with Crippen LogP contribution >= 0.6 is 0 Å². The molecule has 3 aliphatic rings. The van der Waals surface area contributed by atoms with E-state index in [1.54, 1.807) is 0 Å². The van der Waals surface area contributed by atoms with Crippen LogP contribution in [0.5, 0.6) is 0 Å². The molecule has 132 valence electrons. The van der Waals surface area contributed by atoms with Gasteiger partial charge in [0.2, 0.25) is 0 Å². The van der Waals surface area contributed by atoms with Crippen molar-refractivity contribution in [3.05, 3.63) is 35.2 Å². The SMILES string of the molecule is C/C(=C\C(=O)/C=C(/CC1=CCCCC1)N1CCCC1)N1CCCC1. The van der Waals surface area contributed by atoms with Crippen molar-refractivity contribution in [1.29, 1.82) is 0 Å². The number of nitrogens with zero attached hydrogens (tertiary/aromatic N) is 2. The Morgan fingerprint density at radius 1 is 0.958 bits per heavy atom. The van der Waals surface area contributed by atoms with Crippen molar-refractivity contribution >= 4 is 5.78 Å². The predicted molar refractivity (Wildman–Crippen MR) is 99.6 cm³/mol. The van der Waals surface area contributed by atoms with Gasteiger partial charge in [0.05, 0.1) is 0 Å². The molecule has 0 spiro atoms. The summed E-state index contributed by atoms with van der Waals surface area (Å²) in [6.45, 7) is 6.51. The maximum atomic E-state index is 12.6. The van der Waals surface area contributed by atoms with Crippen LogP contribution in [0.15, 0.2) is 35.2 Å². The molecule has 0 aromatic heterocycles. The first-order valence-electron chi connectivity index (χ1n) is 9.83. The molecule has 0 aromatic rings. The van der Waals surface area contributed by atoms with E-state index in [4.69, 9.17) is 0 Å². The molecule has 0 unspecified atom stereocenters. The first kappa shape index (κ1) is 17.3. The molecule has 2 saturated heterocycles. The smallest absolute Gasteiger partial charge is 0.182 e. The van der Waals surface area contributed by atoms with E-state index < -0.39 is 0 Å². The topological polar surface area (TPSA) is 23.6 Å². The summed E-state index contributed by atoms with van der Waals surface area (Å²) in [5.74, 6) is 0.165. The molecule has 2 heterocycles. The Labute approximate surface area is 147 Å². The third kappa shape index (κ3) is 4.75. The van der Waals surface area contributed by atoms with E-state index in [1.165, 1.54) is 62.6 Å². The molecular weight excluding hydrogens is 296 g/mol. The largest absolute Gasteiger partial charge is 0.375 e. The highest BCUT2D eigenvalue weighted by Gasteiger charge is 2.18. The van der Waals surface area contributed by atoms with Crippen LogP contribution in [0.3, 0.4) is 0 Å². The lowest BCUT2D eigenvalue weighted by atomic mass is 9.95. The molecule has 0 N–H and O–H groups in total. The second-order valence-corrected chi connectivity index (χ2v) is 7.50. The molecule has 0 atom stereocenters. The molecule has 0 bridgehead atoms. The van der Waals surface area contributed by atoms with Gasteiger partial charge in [0.15, 0.2) is 5.78 Å². The van der Waals surface area contributed by atoms with E-state index in [1.807, 2.05) is 12.2 Å². The van der Waals surface area contributed by atoms with Crippen molar-refractivity contribution in [2.45, 2.75) is 64.7 Å². The van der Waals surface area contributed by atoms with Gasteiger partial charge in [-0.15, -0.1) is 0 Å². The van der Waals surface area contributed by atoms with Crippen molar-refractivity contribution in [3.63, 3.8) is 0 Å². The van der Waals surface area contributed by atoms with Crippen LogP contribution in [0.1, 0.15) is 64.7 Å². The van der Waals surface area contributed by atoms with Gasteiger partial charge in [-0.2, -0.15) is 0 Å². The summed E-state index contributed by atoms with van der Waals surface area (Å²) < 4.78 is 0. The van der Waals surface area contributed by atoms with Crippen molar-refractivity contribution < 1.29 is 4.79 Å². The van der Waals surface area contributed by atoms with Gasteiger partial charge < -0.3 is 9.80 Å². The summed E-state index contributed by atoms with van der Waals surface area (Å²) in [5, 5.41) is 0. The summed E-state index contributed by atoms with van der Waals surface area (Å²) >= 11 is 0. The van der Waals surface area contributed by atoms with Crippen LogP contribution in [0.2, 0.25) is 0 Å². The Bertz CT molecular complexity index is 532. The molecule has 3 nitrogen and oxygen atoms in total. The van der Waals surface area contributed by atoms with Gasteiger partial charge in [0.1, 0.15) is 0 Å². The maximum Gasteiger partial charge on any atom is 0.182 e. The lowest BCUT2D eigenvalue weighted by Crippen LogP contribution is -2.21. The fourth-order valence-electron chi connectivity index (χ4n) is 4.13. The summed E-state index contributed by atoms with van der Waals surface area (Å²) in [6.07, 6.45) is 17.2. The van der Waals surface area contributed by atoms with Crippen molar-refractivity contribution in [3.8, 4) is 0 Å². The van der Waals surface area contributed by atoms with Gasteiger partial charge in [-0.05, 0) is 58.3 Å². The van der Waals surface area contributed by atoms with Gasteiger partial charge in [-0.3, -0.25) is 4.79 Å². The Morgan fingerprint density at radius 3 is 2.25 bits per heavy atom. The van der Waals surface area contributed by atoms with E-state index >= 15 is 0 Å². The van der Waals surface area contributed by atoms with E-state index in [0.29, 0.717) is 0 Å². The van der Waals surface area contributed by atoms with Crippen LogP contribution in [-0.4, -0.2) is 41.8 Å². The number of carbonyl (C=O) groups is 1. The Morgan fingerprint density at radius 2 is 1.62 bits per heavy atom. The first-order valence-corrected chi connectivity index (χ1v) is 9.83. The van der Waals surface area contributed by atoms with E-state index in [0.717, 1.165) is 38.3 Å². The fraction of sp³-hybridized carbons (Fsp3) is 0.667. The van der Waals surface area contributed by atoms with Crippen LogP contribution in [0.25, 0.3) is 0 Å². The van der Waals surface area contributed by atoms with Crippen molar-refractivity contribution in [2.75, 3.05) is 26.2 Å². The predicted octanol–water partition coefficient (Wildman–Crippen LogP) is 4.43. The van der Waals surface area contributed by atoms with Crippen LogP contribution in [0.4, 0.5) is 0 Å². The maximum absolute atomic E-state index is 12.6. The monoisotopic (exact) mass is 328 g/mol. The fourth-order valence-corrected chi connectivity index (χ4v) is 4.13. The summed E-state index contributed by atoms with van der Waals surface area (Å²) in [5.41, 5.74) is 3.91. The number of ketones is 1. The molecule has 0 saturated carbocycles. The zero-order valence-corrected chi connectivity index (χ0v) is 15.2. The number of allylic oxidation sites excluding steroid dienone is 5. The van der Waals surface area contributed by atoms with Crippen LogP contribution in [-0.2, 0) is 4.79 Å². The zero-order chi connectivity index (χ0) is 16.8. The number of likely N-dealkylation sites (tertiary alicyclic amines) is 2. The normalized spacial score (nSPS) is 23.0. The summed E-state index contributed by atoms with van der Waals surface area (Å²) in [7, 11) is 0. The molecule has 0 radical (unpaired) electrons. The standard InChI is InChI=1S/C21H32N2O/c1-18(22-11-5-6-12-22)15-21(24)17-20(23-13-7-8-14-23)16-19-9-3-2-4-10-19/h9,15,17H,2-8,10-14,16H2,1H3/b18-15+,20-17-. The van der Waals surface area contributed by atoms with Crippen molar-refractivity contribution in [1.82, 2.24) is 9.80 Å². The Hall–Kier alpha value is -1.51. The third-order valence-corrected chi connectivity index (χ3v) is 5.57. The zero-order valence-electron chi connectivity index (χ0n) is 15.2. The number of carbonyl (C=O) groups excluding carboxylic acids is 1. The molecule has 1 aliphatic carbocycles. The molecule has 3 heteroatoms. The minimum absolute atomic E-state index is 0.165. The molecular formula is C21H32N2O. The second-order valence-electron chi connectivity index (χ2n) is 7.50. The van der Waals surface area contributed by atoms with E-state index in [-0.39, 0.29) is 5.78 Å². The highest BCUT2D eigenvalue weighted by atomic mass is 16.1. The molecule has 2 fully saturated rings. The highest BCUT2D eigenvalue weighted by Crippen LogP contribution is 2.27. The quantitative estimate of drug-likeness (QED) is 0.532. The molecule has 24 heavy (non-hydrogen) atoms. The van der Waals surface area contributed by atoms with Gasteiger partial charge in [-0.1, -0.05) is 11.6 Å². The Balaban J connectivity index is 1.70. The van der Waals surface area contributed by atoms with Gasteiger partial charge in [0, 0.05) is 56.1 Å². The van der Waals surface area contributed by atoms with E-state index in [2.05, 4.69) is 22.8 Å². The molecule has 0 amide bonds. The van der Waals surface area contributed by atoms with Gasteiger partial charge >= 0.3 is 0 Å². The van der Waals surface area contributed by atoms with Gasteiger partial charge in [-0.25, -0.2) is 0 Å². The number of hydrogen-bond donors (Lipinski definition) is 0. The summed E-state index contributed by atoms with van der Waals surface area (Å²) in [6, 6.07) is 0. The lowest BCUT2D eigenvalue weighted by molar-refractivity contribution is -0.110. The minimum atomic E-state index is 0.165. The average Bonchev–Trinajstić information content (AvgIpc) is 3.29. The average molecular weight is 329 g/mol. The number of hydrogen-bond acceptors (Lipinski definition) is 3. The first-order chi connectivity index (χ1) is 11.7. The summed E-state index contributed by atoms with van der Waals surface area (Å²) in [4.78, 5) is 17.4. The molecule has 0 aromatic carbocycles. The van der Waals surface area contributed by atoms with Crippen molar-refractivity contribution in [2.24, 2.45) is 0 Å². The minimum Gasteiger partial charge on any atom is -0.375 e. The lowest BCUT2D eigenvalue weighted by Gasteiger charge is -2.24. The Kier molecular flexibility index (Phi) is 6.17. The number of rotatable bonds is 6. The molecule has 2 aliphatic heterocycles. The van der Waals surface area contributed by atoms with Crippen LogP contribution < -0.4 is 0 Å². The highest BCUT2D eigenvalue weighted by molar-refractivity contribution is 6.00. The van der Waals surface area contributed by atoms with Gasteiger partial charge in [0.25, 0.3) is 0 Å². The molecule has 3 rings (SSSR count). The second kappa shape index (κ2) is 8.55.